The van der Waals surface area contributed by atoms with Crippen LogP contribution in [0.3, 0.4) is 0 Å². The maximum absolute atomic E-state index is 10.5. The molecule has 0 amide bonds. The molecule has 0 aromatic carbocycles. The molecule has 0 aliphatic heterocycles. The van der Waals surface area contributed by atoms with Gasteiger partial charge in [0.25, 0.3) is 0 Å². The van der Waals surface area contributed by atoms with E-state index in [9.17, 15) is 19.2 Å². The van der Waals surface area contributed by atoms with Gasteiger partial charge in [-0.05, 0) is 13.8 Å². The number of ether oxygens (including phenoxy) is 1. The van der Waals surface area contributed by atoms with Crippen LogP contribution in [-0.4, -0.2) is 45.8 Å². The Morgan fingerprint density at radius 1 is 1.05 bits per heavy atom. The van der Waals surface area contributed by atoms with Crippen LogP contribution in [0, 0.1) is 0 Å². The van der Waals surface area contributed by atoms with Gasteiger partial charge in [-0.1, -0.05) is 12.7 Å². The molecule has 0 aliphatic rings. The fraction of sp³-hybridized carbons (Fsp3) is 0.333. The molecule has 0 heterocycles. The van der Waals surface area contributed by atoms with Crippen molar-refractivity contribution >= 4 is 23.9 Å². The number of aliphatic carboxylic acids is 3. The molecule has 0 aromatic rings. The van der Waals surface area contributed by atoms with Gasteiger partial charge in [-0.2, -0.15) is 0 Å². The second-order valence-corrected chi connectivity index (χ2v) is 3.54. The smallest absolute Gasteiger partial charge is 0.341 e. The summed E-state index contributed by atoms with van der Waals surface area (Å²) in [5, 5.41) is 24.4. The van der Waals surface area contributed by atoms with Crippen molar-refractivity contribution in [3.8, 4) is 0 Å². The Morgan fingerprint density at radius 3 is 1.85 bits per heavy atom. The van der Waals surface area contributed by atoms with E-state index in [1.54, 1.807) is 0 Å². The molecule has 0 fully saturated rings. The van der Waals surface area contributed by atoms with Gasteiger partial charge in [-0.25, -0.2) is 14.4 Å². The van der Waals surface area contributed by atoms with E-state index in [-0.39, 0.29) is 17.6 Å². The average Bonchev–Trinajstić information content (AvgIpc) is 2.33. The first kappa shape index (κ1) is 19.7. The number of carbonyl (C=O) groups is 4. The number of carboxylic acid groups (broad SMARTS) is 3. The van der Waals surface area contributed by atoms with E-state index >= 15 is 0 Å². The standard InChI is InChI=1S/2C6H8O4/c1-4(2)6(9)10-3-5(7)8;1-4(6(9)10)2-3-5(7)8/h1,3H2,2H3,(H,7,8);2H,3H2,1H3,(H,7,8)(H,9,10). The minimum absolute atomic E-state index is 0.0578. The zero-order valence-corrected chi connectivity index (χ0v) is 11.1. The third-order valence-electron chi connectivity index (χ3n) is 1.60. The fourth-order valence-corrected chi connectivity index (χ4v) is 0.578. The molecule has 0 aromatic heterocycles. The van der Waals surface area contributed by atoms with Crippen LogP contribution in [0.2, 0.25) is 0 Å². The lowest BCUT2D eigenvalue weighted by atomic mass is 10.2. The highest BCUT2D eigenvalue weighted by molar-refractivity contribution is 5.88. The van der Waals surface area contributed by atoms with Crippen LogP contribution >= 0.6 is 0 Å². The van der Waals surface area contributed by atoms with Crippen LogP contribution in [-0.2, 0) is 23.9 Å². The third-order valence-corrected chi connectivity index (χ3v) is 1.60. The van der Waals surface area contributed by atoms with E-state index in [4.69, 9.17) is 15.3 Å². The Morgan fingerprint density at radius 2 is 1.55 bits per heavy atom. The Kier molecular flexibility index (Phi) is 10.1. The molecule has 3 N–H and O–H groups in total. The van der Waals surface area contributed by atoms with Gasteiger partial charge in [0.1, 0.15) is 0 Å². The minimum atomic E-state index is -1.17. The predicted molar refractivity (Wildman–Crippen MR) is 67.1 cm³/mol. The maximum Gasteiger partial charge on any atom is 0.341 e. The van der Waals surface area contributed by atoms with Gasteiger partial charge >= 0.3 is 23.9 Å². The molecule has 0 bridgehead atoms. The first-order valence-electron chi connectivity index (χ1n) is 5.24. The van der Waals surface area contributed by atoms with Gasteiger partial charge in [0.15, 0.2) is 6.61 Å². The monoisotopic (exact) mass is 288 g/mol. The maximum atomic E-state index is 10.5. The zero-order valence-electron chi connectivity index (χ0n) is 11.1. The molecular weight excluding hydrogens is 272 g/mol. The molecule has 0 unspecified atom stereocenters. The van der Waals surface area contributed by atoms with Crippen LogP contribution in [0.25, 0.3) is 0 Å². The van der Waals surface area contributed by atoms with E-state index in [0.717, 1.165) is 6.08 Å². The van der Waals surface area contributed by atoms with Crippen LogP contribution in [0.15, 0.2) is 23.8 Å². The Hall–Kier alpha value is -2.64. The highest BCUT2D eigenvalue weighted by Gasteiger charge is 2.04. The summed E-state index contributed by atoms with van der Waals surface area (Å²) < 4.78 is 4.23. The van der Waals surface area contributed by atoms with Crippen LogP contribution < -0.4 is 0 Å². The summed E-state index contributed by atoms with van der Waals surface area (Å²) in [5.41, 5.74) is 0.253. The molecule has 8 heteroatoms. The molecule has 20 heavy (non-hydrogen) atoms. The van der Waals surface area contributed by atoms with Crippen LogP contribution in [0.1, 0.15) is 20.3 Å². The lowest BCUT2D eigenvalue weighted by Gasteiger charge is -1.98. The molecule has 0 spiro atoms. The van der Waals surface area contributed by atoms with Gasteiger partial charge in [-0.3, -0.25) is 4.79 Å². The highest BCUT2D eigenvalue weighted by Crippen LogP contribution is 1.94. The van der Waals surface area contributed by atoms with Crippen molar-refractivity contribution in [1.29, 1.82) is 0 Å². The number of rotatable bonds is 6. The Balaban J connectivity index is 0. The molecule has 112 valence electrons. The first-order chi connectivity index (χ1) is 9.07. The number of hydrogen-bond acceptors (Lipinski definition) is 5. The molecular formula is C12H16O8. The van der Waals surface area contributed by atoms with Crippen molar-refractivity contribution < 1.29 is 39.2 Å². The van der Waals surface area contributed by atoms with Crippen molar-refractivity contribution in [1.82, 2.24) is 0 Å². The third kappa shape index (κ3) is 13.4. The molecule has 0 atom stereocenters. The summed E-state index contributed by atoms with van der Waals surface area (Å²) >= 11 is 0. The lowest BCUT2D eigenvalue weighted by molar-refractivity contribution is -0.152. The summed E-state index contributed by atoms with van der Waals surface area (Å²) in [4.78, 5) is 40.2. The molecule has 0 saturated carbocycles. The van der Waals surface area contributed by atoms with Gasteiger partial charge < -0.3 is 20.1 Å². The number of esters is 1. The fourth-order valence-electron chi connectivity index (χ4n) is 0.578. The Bertz CT molecular complexity index is 433. The lowest BCUT2D eigenvalue weighted by Crippen LogP contribution is -2.12. The summed E-state index contributed by atoms with van der Waals surface area (Å²) in [6.07, 6.45) is 0.919. The van der Waals surface area contributed by atoms with E-state index in [0.29, 0.717) is 0 Å². The molecule has 0 radical (unpaired) electrons. The second kappa shape index (κ2) is 10.3. The second-order valence-electron chi connectivity index (χ2n) is 3.54. The summed E-state index contributed by atoms with van der Waals surface area (Å²) in [6.45, 7) is 5.46. The van der Waals surface area contributed by atoms with E-state index in [1.165, 1.54) is 13.8 Å². The number of carboxylic acids is 3. The summed E-state index contributed by atoms with van der Waals surface area (Å²) in [6, 6.07) is 0. The van der Waals surface area contributed by atoms with Crippen LogP contribution in [0.5, 0.6) is 0 Å². The predicted octanol–water partition coefficient (Wildman–Crippen LogP) is 0.682. The van der Waals surface area contributed by atoms with E-state index in [2.05, 4.69) is 11.3 Å². The molecule has 0 aliphatic carbocycles. The van der Waals surface area contributed by atoms with Gasteiger partial charge in [0, 0.05) is 11.1 Å². The van der Waals surface area contributed by atoms with E-state index in [1.807, 2.05) is 0 Å². The highest BCUT2D eigenvalue weighted by atomic mass is 16.5. The molecule has 8 nitrogen and oxygen atoms in total. The largest absolute Gasteiger partial charge is 0.481 e. The molecule has 0 rings (SSSR count). The van der Waals surface area contributed by atoms with Crippen molar-refractivity contribution in [3.63, 3.8) is 0 Å². The first-order valence-corrected chi connectivity index (χ1v) is 5.24. The van der Waals surface area contributed by atoms with Crippen LogP contribution in [0.4, 0.5) is 0 Å². The normalized spacial score (nSPS) is 9.80. The number of carbonyl (C=O) groups excluding carboxylic acids is 1. The minimum Gasteiger partial charge on any atom is -0.481 e. The molecule has 0 saturated heterocycles. The van der Waals surface area contributed by atoms with Crippen molar-refractivity contribution in [2.24, 2.45) is 0 Å². The average molecular weight is 288 g/mol. The summed E-state index contributed by atoms with van der Waals surface area (Å²) in [5.74, 6) is -3.96. The van der Waals surface area contributed by atoms with Crippen molar-refractivity contribution in [3.05, 3.63) is 23.8 Å². The van der Waals surface area contributed by atoms with Crippen molar-refractivity contribution in [2.75, 3.05) is 6.61 Å². The number of hydrogen-bond donors (Lipinski definition) is 3. The van der Waals surface area contributed by atoms with Crippen molar-refractivity contribution in [2.45, 2.75) is 20.3 Å². The topological polar surface area (TPSA) is 138 Å². The van der Waals surface area contributed by atoms with E-state index < -0.39 is 30.5 Å². The Labute approximate surface area is 115 Å². The zero-order chi connectivity index (χ0) is 16.3. The van der Waals surface area contributed by atoms with Gasteiger partial charge in [0.2, 0.25) is 0 Å². The van der Waals surface area contributed by atoms with Gasteiger partial charge in [-0.15, -0.1) is 0 Å². The van der Waals surface area contributed by atoms with Gasteiger partial charge in [0.05, 0.1) is 6.42 Å². The SMILES string of the molecule is C=C(C)C(=O)OCC(=O)O.CC(=CCC(=O)O)C(=O)O. The quantitative estimate of drug-likeness (QED) is 0.479. The summed E-state index contributed by atoms with van der Waals surface area (Å²) in [7, 11) is 0.